The van der Waals surface area contributed by atoms with Crippen LogP contribution in [-0.2, 0) is 28.6 Å². The Morgan fingerprint density at radius 2 is 0.534 bits per heavy atom. The third kappa shape index (κ3) is 58.8. The maximum atomic E-state index is 12.9. The summed E-state index contributed by atoms with van der Waals surface area (Å²) in [4.78, 5) is 38.2. The van der Waals surface area contributed by atoms with Crippen LogP contribution in [0.25, 0.3) is 0 Å². The molecule has 0 saturated heterocycles. The van der Waals surface area contributed by atoms with Crippen LogP contribution in [-0.4, -0.2) is 37.2 Å². The molecule has 73 heavy (non-hydrogen) atoms. The lowest BCUT2D eigenvalue weighted by atomic mass is 10.1. The second kappa shape index (κ2) is 60.6. The van der Waals surface area contributed by atoms with Crippen LogP contribution < -0.4 is 0 Å². The Bertz CT molecular complexity index is 1490. The van der Waals surface area contributed by atoms with Crippen LogP contribution in [0.4, 0.5) is 0 Å². The number of ether oxygens (including phenoxy) is 3. The van der Waals surface area contributed by atoms with Crippen molar-refractivity contribution in [3.05, 3.63) is 109 Å². The number of hydrogen-bond acceptors (Lipinski definition) is 6. The Kier molecular flexibility index (Phi) is 57.4. The third-order valence-electron chi connectivity index (χ3n) is 12.7. The Morgan fingerprint density at radius 1 is 0.288 bits per heavy atom. The molecule has 0 aliphatic heterocycles. The van der Waals surface area contributed by atoms with Crippen LogP contribution in [0.2, 0.25) is 0 Å². The van der Waals surface area contributed by atoms with Crippen LogP contribution in [0.3, 0.4) is 0 Å². The molecule has 0 aromatic rings. The highest BCUT2D eigenvalue weighted by atomic mass is 16.6. The van der Waals surface area contributed by atoms with Gasteiger partial charge in [0.15, 0.2) is 6.10 Å². The van der Waals surface area contributed by atoms with E-state index >= 15 is 0 Å². The van der Waals surface area contributed by atoms with E-state index < -0.39 is 6.10 Å². The summed E-state index contributed by atoms with van der Waals surface area (Å²) in [5, 5.41) is 0. The molecular formula is C67H112O6. The summed E-state index contributed by atoms with van der Waals surface area (Å²) in [6.07, 6.45) is 82.2. The van der Waals surface area contributed by atoms with Crippen molar-refractivity contribution in [2.75, 3.05) is 13.2 Å². The lowest BCUT2D eigenvalue weighted by Crippen LogP contribution is -2.30. The van der Waals surface area contributed by atoms with Crippen molar-refractivity contribution in [2.24, 2.45) is 0 Å². The molecule has 6 nitrogen and oxygen atoms in total. The summed E-state index contributed by atoms with van der Waals surface area (Å²) >= 11 is 0. The number of carbonyl (C=O) groups is 3. The molecule has 1 atom stereocenters. The van der Waals surface area contributed by atoms with Gasteiger partial charge in [0.05, 0.1) is 0 Å². The molecule has 416 valence electrons. The largest absolute Gasteiger partial charge is 0.462 e. The lowest BCUT2D eigenvalue weighted by Gasteiger charge is -2.18. The van der Waals surface area contributed by atoms with E-state index in [1.807, 2.05) is 0 Å². The van der Waals surface area contributed by atoms with E-state index in [4.69, 9.17) is 14.2 Å². The maximum absolute atomic E-state index is 12.9. The molecule has 0 heterocycles. The molecule has 0 saturated carbocycles. The molecule has 0 radical (unpaired) electrons. The lowest BCUT2D eigenvalue weighted by molar-refractivity contribution is -0.167. The SMILES string of the molecule is CC/C=C\C/C=C\C/C=C\C/C=C\C/C=C\CCCCCCCCCC(=O)OCC(COC(=O)CCCCCCC/C=C\CCCCCC)OC(=O)CCCCCCCC/C=C\C/C=C\C/C=C\CCCCC. The Balaban J connectivity index is 4.41. The van der Waals surface area contributed by atoms with Gasteiger partial charge >= 0.3 is 17.9 Å². The van der Waals surface area contributed by atoms with E-state index in [-0.39, 0.29) is 31.1 Å². The van der Waals surface area contributed by atoms with E-state index in [0.29, 0.717) is 19.3 Å². The fourth-order valence-corrected chi connectivity index (χ4v) is 8.18. The van der Waals surface area contributed by atoms with Crippen LogP contribution in [0.15, 0.2) is 109 Å². The zero-order chi connectivity index (χ0) is 52.9. The van der Waals surface area contributed by atoms with Crippen molar-refractivity contribution >= 4 is 17.9 Å². The van der Waals surface area contributed by atoms with E-state index in [0.717, 1.165) is 128 Å². The minimum Gasteiger partial charge on any atom is -0.462 e. The number of allylic oxidation sites excluding steroid dienone is 18. The van der Waals surface area contributed by atoms with Gasteiger partial charge in [-0.05, 0) is 128 Å². The van der Waals surface area contributed by atoms with E-state index in [1.54, 1.807) is 0 Å². The van der Waals surface area contributed by atoms with Gasteiger partial charge < -0.3 is 14.2 Å². The van der Waals surface area contributed by atoms with Gasteiger partial charge in [-0.1, -0.05) is 239 Å². The highest BCUT2D eigenvalue weighted by molar-refractivity contribution is 5.71. The highest BCUT2D eigenvalue weighted by Gasteiger charge is 2.19. The van der Waals surface area contributed by atoms with Gasteiger partial charge in [-0.25, -0.2) is 0 Å². The molecule has 0 aliphatic rings. The minimum atomic E-state index is -0.796. The maximum Gasteiger partial charge on any atom is 0.306 e. The number of carbonyl (C=O) groups excluding carboxylic acids is 3. The first-order valence-corrected chi connectivity index (χ1v) is 30.4. The van der Waals surface area contributed by atoms with Crippen molar-refractivity contribution in [3.8, 4) is 0 Å². The van der Waals surface area contributed by atoms with Crippen LogP contribution >= 0.6 is 0 Å². The van der Waals surface area contributed by atoms with Gasteiger partial charge in [0.25, 0.3) is 0 Å². The topological polar surface area (TPSA) is 78.9 Å². The van der Waals surface area contributed by atoms with E-state index in [1.165, 1.54) is 109 Å². The normalized spacial score (nSPS) is 12.9. The van der Waals surface area contributed by atoms with Gasteiger partial charge in [0, 0.05) is 19.3 Å². The molecule has 0 N–H and O–H groups in total. The van der Waals surface area contributed by atoms with Crippen molar-refractivity contribution in [3.63, 3.8) is 0 Å². The number of esters is 3. The molecule has 1 unspecified atom stereocenters. The monoisotopic (exact) mass is 1010 g/mol. The van der Waals surface area contributed by atoms with Gasteiger partial charge in [-0.15, -0.1) is 0 Å². The summed E-state index contributed by atoms with van der Waals surface area (Å²) in [5.41, 5.74) is 0. The molecule has 0 fully saturated rings. The highest BCUT2D eigenvalue weighted by Crippen LogP contribution is 2.14. The van der Waals surface area contributed by atoms with Gasteiger partial charge in [0.2, 0.25) is 0 Å². The second-order valence-electron chi connectivity index (χ2n) is 19.9. The van der Waals surface area contributed by atoms with Crippen LogP contribution in [0.1, 0.15) is 278 Å². The average Bonchev–Trinajstić information content (AvgIpc) is 3.39. The predicted molar refractivity (Wildman–Crippen MR) is 316 cm³/mol. The molecule has 0 aromatic heterocycles. The summed E-state index contributed by atoms with van der Waals surface area (Å²) < 4.78 is 16.9. The van der Waals surface area contributed by atoms with Crippen LogP contribution in [0.5, 0.6) is 0 Å². The fraction of sp³-hybridized carbons (Fsp3) is 0.687. The summed E-state index contributed by atoms with van der Waals surface area (Å²) in [6.45, 7) is 6.47. The molecule has 0 bridgehead atoms. The third-order valence-corrected chi connectivity index (χ3v) is 12.7. The van der Waals surface area contributed by atoms with Crippen molar-refractivity contribution in [2.45, 2.75) is 284 Å². The second-order valence-corrected chi connectivity index (χ2v) is 19.9. The van der Waals surface area contributed by atoms with E-state index in [2.05, 4.69) is 130 Å². The summed E-state index contributed by atoms with van der Waals surface area (Å²) in [7, 11) is 0. The van der Waals surface area contributed by atoms with Crippen LogP contribution in [0, 0.1) is 0 Å². The number of rotatable bonds is 54. The average molecular weight is 1010 g/mol. The Hall–Kier alpha value is -3.93. The quantitative estimate of drug-likeness (QED) is 0.0261. The number of unbranched alkanes of at least 4 members (excludes halogenated alkanes) is 25. The zero-order valence-electron chi connectivity index (χ0n) is 47.6. The zero-order valence-corrected chi connectivity index (χ0v) is 47.6. The standard InChI is InChI=1S/C67H112O6/c1-4-7-10-13-16-19-22-25-27-29-31-32-33-34-36-37-39-42-45-48-51-54-57-60-66(69)72-63-64(62-71-65(68)59-56-53-50-47-44-41-24-21-18-15-12-9-6-3)73-67(70)61-58-55-52-49-46-43-40-38-35-30-28-26-23-20-17-14-11-8-5-2/h7,10,16-17,19-21,24-28,31-32,34-36,38,64H,4-6,8-9,11-15,18,22-23,29-30,33,37,39-63H2,1-3H3/b10-7-,19-16-,20-17-,24-21-,27-25-,28-26-,32-31-,36-34-,38-35-. The van der Waals surface area contributed by atoms with Crippen molar-refractivity contribution < 1.29 is 28.6 Å². The Labute approximate surface area is 450 Å². The fourth-order valence-electron chi connectivity index (χ4n) is 8.18. The van der Waals surface area contributed by atoms with Gasteiger partial charge in [-0.3, -0.25) is 14.4 Å². The van der Waals surface area contributed by atoms with Gasteiger partial charge in [0.1, 0.15) is 13.2 Å². The van der Waals surface area contributed by atoms with Crippen molar-refractivity contribution in [1.82, 2.24) is 0 Å². The number of hydrogen-bond donors (Lipinski definition) is 0. The first-order chi connectivity index (χ1) is 36.0. The van der Waals surface area contributed by atoms with Gasteiger partial charge in [-0.2, -0.15) is 0 Å². The summed E-state index contributed by atoms with van der Waals surface area (Å²) in [5.74, 6) is -0.921. The summed E-state index contributed by atoms with van der Waals surface area (Å²) in [6, 6.07) is 0. The molecular weight excluding hydrogens is 901 g/mol. The van der Waals surface area contributed by atoms with Crippen molar-refractivity contribution in [1.29, 1.82) is 0 Å². The first kappa shape index (κ1) is 69.1. The predicted octanol–water partition coefficient (Wildman–Crippen LogP) is 20.7. The minimum absolute atomic E-state index is 0.0923. The molecule has 0 rings (SSSR count). The molecule has 0 aliphatic carbocycles. The molecule has 0 spiro atoms. The molecule has 0 aromatic carbocycles. The van der Waals surface area contributed by atoms with E-state index in [9.17, 15) is 14.4 Å². The smallest absolute Gasteiger partial charge is 0.306 e. The molecule has 6 heteroatoms. The first-order valence-electron chi connectivity index (χ1n) is 30.4. The molecule has 0 amide bonds. The Morgan fingerprint density at radius 3 is 0.877 bits per heavy atom.